The Morgan fingerprint density at radius 2 is 2.00 bits per heavy atom. The Bertz CT molecular complexity index is 912. The molecule has 0 saturated carbocycles. The van der Waals surface area contributed by atoms with Crippen LogP contribution in [0.15, 0.2) is 47.8 Å². The standard InChI is InChI=1S/C18H14Cl2N2O2S/c1-11-10-25-17(22-11)9-21-18(23)13-4-2-3-5-15(13)24-16-7-6-12(19)8-14(16)20/h2-8,10H,9H2,1H3,(H,21,23). The van der Waals surface area contributed by atoms with E-state index in [1.54, 1.807) is 42.5 Å². The van der Waals surface area contributed by atoms with Crippen LogP contribution in [0.4, 0.5) is 0 Å². The summed E-state index contributed by atoms with van der Waals surface area (Å²) in [6, 6.07) is 11.9. The molecule has 2 aromatic carbocycles. The third-order valence-corrected chi connectivity index (χ3v) is 4.81. The van der Waals surface area contributed by atoms with E-state index in [4.69, 9.17) is 27.9 Å². The highest BCUT2D eigenvalue weighted by Crippen LogP contribution is 2.33. The van der Waals surface area contributed by atoms with Crippen LogP contribution in [-0.4, -0.2) is 10.9 Å². The predicted octanol–water partition coefficient (Wildman–Crippen LogP) is 5.48. The lowest BCUT2D eigenvalue weighted by atomic mass is 10.2. The Hall–Kier alpha value is -2.08. The summed E-state index contributed by atoms with van der Waals surface area (Å²) < 4.78 is 5.81. The Kier molecular flexibility index (Phi) is 5.58. The minimum Gasteiger partial charge on any atom is -0.455 e. The van der Waals surface area contributed by atoms with E-state index in [0.29, 0.717) is 33.7 Å². The number of hydrogen-bond donors (Lipinski definition) is 1. The SMILES string of the molecule is Cc1csc(CNC(=O)c2ccccc2Oc2ccc(Cl)cc2Cl)n1. The third-order valence-electron chi connectivity index (χ3n) is 3.31. The fourth-order valence-corrected chi connectivity index (χ4v) is 3.31. The normalized spacial score (nSPS) is 10.5. The minimum absolute atomic E-state index is 0.242. The maximum atomic E-state index is 12.5. The maximum Gasteiger partial charge on any atom is 0.255 e. The van der Waals surface area contributed by atoms with E-state index in [9.17, 15) is 4.79 Å². The molecule has 0 bridgehead atoms. The average molecular weight is 393 g/mol. The highest BCUT2D eigenvalue weighted by atomic mass is 35.5. The number of carbonyl (C=O) groups excluding carboxylic acids is 1. The van der Waals surface area contributed by atoms with Gasteiger partial charge in [-0.3, -0.25) is 4.79 Å². The van der Waals surface area contributed by atoms with Crippen molar-refractivity contribution >= 4 is 40.4 Å². The summed E-state index contributed by atoms with van der Waals surface area (Å²) in [6.45, 7) is 2.29. The van der Waals surface area contributed by atoms with Gasteiger partial charge in [0.25, 0.3) is 5.91 Å². The first-order chi connectivity index (χ1) is 12.0. The number of rotatable bonds is 5. The number of thiazole rings is 1. The number of hydrogen-bond acceptors (Lipinski definition) is 4. The molecule has 0 fully saturated rings. The van der Waals surface area contributed by atoms with E-state index in [-0.39, 0.29) is 5.91 Å². The highest BCUT2D eigenvalue weighted by molar-refractivity contribution is 7.09. The van der Waals surface area contributed by atoms with Gasteiger partial charge < -0.3 is 10.1 Å². The number of carbonyl (C=O) groups is 1. The number of ether oxygens (including phenoxy) is 1. The number of amides is 1. The minimum atomic E-state index is -0.242. The molecule has 128 valence electrons. The molecule has 3 aromatic rings. The van der Waals surface area contributed by atoms with Crippen molar-refractivity contribution in [3.63, 3.8) is 0 Å². The molecule has 0 atom stereocenters. The molecule has 0 aliphatic rings. The van der Waals surface area contributed by atoms with Gasteiger partial charge in [-0.2, -0.15) is 0 Å². The summed E-state index contributed by atoms with van der Waals surface area (Å²) in [5, 5.41) is 6.54. The molecule has 0 spiro atoms. The number of halogens is 2. The van der Waals surface area contributed by atoms with E-state index in [1.165, 1.54) is 11.3 Å². The van der Waals surface area contributed by atoms with Gasteiger partial charge in [0.15, 0.2) is 0 Å². The molecule has 0 radical (unpaired) electrons. The molecule has 1 N–H and O–H groups in total. The Morgan fingerprint density at radius 1 is 1.20 bits per heavy atom. The van der Waals surface area contributed by atoms with Gasteiger partial charge in [-0.15, -0.1) is 11.3 Å². The van der Waals surface area contributed by atoms with E-state index >= 15 is 0 Å². The molecular formula is C18H14Cl2N2O2S. The Balaban J connectivity index is 1.76. The van der Waals surface area contributed by atoms with Crippen molar-refractivity contribution in [2.24, 2.45) is 0 Å². The van der Waals surface area contributed by atoms with E-state index < -0.39 is 0 Å². The van der Waals surface area contributed by atoms with Gasteiger partial charge >= 0.3 is 0 Å². The first-order valence-corrected chi connectivity index (χ1v) is 9.07. The van der Waals surface area contributed by atoms with E-state index in [1.807, 2.05) is 12.3 Å². The number of aryl methyl sites for hydroxylation is 1. The van der Waals surface area contributed by atoms with E-state index in [2.05, 4.69) is 10.3 Å². The molecule has 0 saturated heterocycles. The molecule has 0 aliphatic carbocycles. The molecule has 1 amide bonds. The van der Waals surface area contributed by atoms with Crippen LogP contribution in [0.3, 0.4) is 0 Å². The summed E-state index contributed by atoms with van der Waals surface area (Å²) >= 11 is 13.5. The lowest BCUT2D eigenvalue weighted by Gasteiger charge is -2.12. The number of para-hydroxylation sites is 1. The van der Waals surface area contributed by atoms with Crippen LogP contribution in [0.5, 0.6) is 11.5 Å². The molecule has 3 rings (SSSR count). The van der Waals surface area contributed by atoms with Crippen molar-refractivity contribution < 1.29 is 9.53 Å². The summed E-state index contributed by atoms with van der Waals surface area (Å²) in [6.07, 6.45) is 0. The maximum absolute atomic E-state index is 12.5. The molecule has 1 aromatic heterocycles. The number of nitrogens with one attached hydrogen (secondary N) is 1. The van der Waals surface area contributed by atoms with Crippen molar-refractivity contribution in [1.29, 1.82) is 0 Å². The van der Waals surface area contributed by atoms with Crippen molar-refractivity contribution in [1.82, 2.24) is 10.3 Å². The second kappa shape index (κ2) is 7.87. The van der Waals surface area contributed by atoms with Gasteiger partial charge in [0.1, 0.15) is 16.5 Å². The first-order valence-electron chi connectivity index (χ1n) is 7.44. The molecular weight excluding hydrogens is 379 g/mol. The zero-order valence-corrected chi connectivity index (χ0v) is 15.6. The smallest absolute Gasteiger partial charge is 0.255 e. The van der Waals surface area contributed by atoms with Gasteiger partial charge in [-0.1, -0.05) is 35.3 Å². The molecule has 0 unspecified atom stereocenters. The van der Waals surface area contributed by atoms with Gasteiger partial charge in [-0.25, -0.2) is 4.98 Å². The molecule has 1 heterocycles. The van der Waals surface area contributed by atoms with Crippen molar-refractivity contribution in [2.45, 2.75) is 13.5 Å². The lowest BCUT2D eigenvalue weighted by molar-refractivity contribution is 0.0948. The van der Waals surface area contributed by atoms with Crippen LogP contribution < -0.4 is 10.1 Å². The van der Waals surface area contributed by atoms with Crippen LogP contribution >= 0.6 is 34.5 Å². The van der Waals surface area contributed by atoms with Crippen molar-refractivity contribution in [3.05, 3.63) is 74.2 Å². The first kappa shape index (κ1) is 17.7. The fraction of sp³-hybridized carbons (Fsp3) is 0.111. The van der Waals surface area contributed by atoms with Crippen LogP contribution in [0, 0.1) is 6.92 Å². The van der Waals surface area contributed by atoms with Gasteiger partial charge in [0.05, 0.1) is 17.1 Å². The van der Waals surface area contributed by atoms with Crippen LogP contribution in [0.1, 0.15) is 21.1 Å². The third kappa shape index (κ3) is 4.51. The van der Waals surface area contributed by atoms with E-state index in [0.717, 1.165) is 10.7 Å². The van der Waals surface area contributed by atoms with Gasteiger partial charge in [0, 0.05) is 16.1 Å². The zero-order valence-electron chi connectivity index (χ0n) is 13.3. The summed E-state index contributed by atoms with van der Waals surface area (Å²) in [7, 11) is 0. The van der Waals surface area contributed by atoms with Crippen LogP contribution in [0.25, 0.3) is 0 Å². The Morgan fingerprint density at radius 3 is 2.72 bits per heavy atom. The van der Waals surface area contributed by atoms with Gasteiger partial charge in [0.2, 0.25) is 0 Å². The Labute approximate surface area is 159 Å². The molecule has 4 nitrogen and oxygen atoms in total. The highest BCUT2D eigenvalue weighted by Gasteiger charge is 2.14. The molecule has 7 heteroatoms. The topological polar surface area (TPSA) is 51.2 Å². The number of benzene rings is 2. The second-order valence-corrected chi connectivity index (χ2v) is 7.02. The fourth-order valence-electron chi connectivity index (χ4n) is 2.15. The van der Waals surface area contributed by atoms with Crippen molar-refractivity contribution in [2.75, 3.05) is 0 Å². The lowest BCUT2D eigenvalue weighted by Crippen LogP contribution is -2.23. The number of aromatic nitrogens is 1. The predicted molar refractivity (Wildman–Crippen MR) is 101 cm³/mol. The number of nitrogens with zero attached hydrogens (tertiary/aromatic N) is 1. The summed E-state index contributed by atoms with van der Waals surface area (Å²) in [5.74, 6) is 0.606. The average Bonchev–Trinajstić information content (AvgIpc) is 3.01. The largest absolute Gasteiger partial charge is 0.455 e. The summed E-state index contributed by atoms with van der Waals surface area (Å²) in [4.78, 5) is 16.8. The molecule has 25 heavy (non-hydrogen) atoms. The second-order valence-electron chi connectivity index (χ2n) is 5.24. The van der Waals surface area contributed by atoms with Crippen LogP contribution in [-0.2, 0) is 6.54 Å². The molecule has 0 aliphatic heterocycles. The van der Waals surface area contributed by atoms with Crippen molar-refractivity contribution in [3.8, 4) is 11.5 Å². The monoisotopic (exact) mass is 392 g/mol. The van der Waals surface area contributed by atoms with Gasteiger partial charge in [-0.05, 0) is 37.3 Å². The quantitative estimate of drug-likeness (QED) is 0.625. The summed E-state index contributed by atoms with van der Waals surface area (Å²) in [5.41, 5.74) is 1.36. The van der Waals surface area contributed by atoms with Crippen LogP contribution in [0.2, 0.25) is 10.0 Å². The zero-order chi connectivity index (χ0) is 17.8.